The molecule has 1 fully saturated rings. The van der Waals surface area contributed by atoms with Gasteiger partial charge in [0.1, 0.15) is 29.7 Å². The minimum atomic E-state index is -1.97. The second-order valence-corrected chi connectivity index (χ2v) is 16.9. The maximum absolute atomic E-state index is 12.9. The van der Waals surface area contributed by atoms with E-state index in [-0.39, 0.29) is 25.2 Å². The van der Waals surface area contributed by atoms with Crippen LogP contribution in [0.3, 0.4) is 0 Å². The number of carbonyl (C=O) groups excluding carboxylic acids is 3. The SMILES string of the molecule is CC1C=CC=CC=CC=CC=CC=CC=CC(O[C@@H]2O[C@@H](C)C(O)C(N)C2O)CC(O)C(C(=O)O)C(O)CC(=O)CC(O)C(O)CCC(=O)CC(O)CC(O)CC(=O)OC(C)C(C)C1O. The van der Waals surface area contributed by atoms with Gasteiger partial charge >= 0.3 is 11.9 Å². The average Bonchev–Trinajstić information content (AvgIpc) is 3.22. The molecule has 0 saturated carbocycles. The zero-order valence-electron chi connectivity index (χ0n) is 37.5. The van der Waals surface area contributed by atoms with Gasteiger partial charge in [-0.25, -0.2) is 0 Å². The topological polar surface area (TPSA) is 324 Å². The Bertz CT molecular complexity index is 1690. The summed E-state index contributed by atoms with van der Waals surface area (Å²) >= 11 is 0. The van der Waals surface area contributed by atoms with Crippen molar-refractivity contribution >= 4 is 23.5 Å². The molecule has 0 aromatic heterocycles. The van der Waals surface area contributed by atoms with Crippen LogP contribution >= 0.6 is 0 Å². The van der Waals surface area contributed by atoms with Gasteiger partial charge in [0, 0.05) is 50.4 Å². The number of hydrogen-bond acceptors (Lipinski definition) is 17. The van der Waals surface area contributed by atoms with Crippen LogP contribution in [0.15, 0.2) is 85.1 Å². The molecule has 17 atom stereocenters. The lowest BCUT2D eigenvalue weighted by Gasteiger charge is -2.41. The van der Waals surface area contributed by atoms with Crippen LogP contribution in [-0.4, -0.2) is 160 Å². The third kappa shape index (κ3) is 21.0. The van der Waals surface area contributed by atoms with Crippen molar-refractivity contribution in [3.8, 4) is 0 Å². The van der Waals surface area contributed by atoms with Crippen LogP contribution in [0.25, 0.3) is 0 Å². The molecule has 2 aliphatic rings. The Morgan fingerprint density at radius 1 is 0.600 bits per heavy atom. The molecule has 366 valence electrons. The van der Waals surface area contributed by atoms with Crippen LogP contribution in [0.2, 0.25) is 0 Å². The van der Waals surface area contributed by atoms with Crippen molar-refractivity contribution < 1.29 is 84.5 Å². The molecule has 0 aromatic carbocycles. The van der Waals surface area contributed by atoms with Crippen LogP contribution in [0.4, 0.5) is 0 Å². The van der Waals surface area contributed by atoms with E-state index in [1.54, 1.807) is 86.8 Å². The molecule has 1 saturated heterocycles. The number of aliphatic hydroxyl groups is 9. The van der Waals surface area contributed by atoms with Gasteiger partial charge in [-0.1, -0.05) is 98.9 Å². The summed E-state index contributed by atoms with van der Waals surface area (Å²) in [5.41, 5.74) is 5.95. The largest absolute Gasteiger partial charge is 0.481 e. The van der Waals surface area contributed by atoms with Gasteiger partial charge in [0.2, 0.25) is 0 Å². The van der Waals surface area contributed by atoms with Crippen LogP contribution in [-0.2, 0) is 33.4 Å². The molecule has 0 amide bonds. The molecule has 0 spiro atoms. The number of ketones is 2. The molecule has 0 aromatic rings. The number of rotatable bonds is 3. The smallest absolute Gasteiger partial charge is 0.311 e. The first-order valence-corrected chi connectivity index (χ1v) is 22.0. The second-order valence-electron chi connectivity index (χ2n) is 16.9. The van der Waals surface area contributed by atoms with Crippen molar-refractivity contribution in [3.63, 3.8) is 0 Å². The third-order valence-corrected chi connectivity index (χ3v) is 11.3. The van der Waals surface area contributed by atoms with Crippen molar-refractivity contribution in [2.75, 3.05) is 0 Å². The fourth-order valence-electron chi connectivity index (χ4n) is 7.16. The number of carbonyl (C=O) groups is 4. The predicted octanol–water partition coefficient (Wildman–Crippen LogP) is 0.763. The number of nitrogens with two attached hydrogens (primary N) is 1. The van der Waals surface area contributed by atoms with E-state index in [1.165, 1.54) is 19.1 Å². The van der Waals surface area contributed by atoms with Crippen LogP contribution in [0.1, 0.15) is 79.1 Å². The first-order valence-electron chi connectivity index (χ1n) is 22.0. The Kier molecular flexibility index (Phi) is 26.0. The predicted molar refractivity (Wildman–Crippen MR) is 237 cm³/mol. The molecular weight excluding hydrogens is 851 g/mol. The zero-order valence-corrected chi connectivity index (χ0v) is 37.5. The van der Waals surface area contributed by atoms with Crippen molar-refractivity contribution in [1.82, 2.24) is 0 Å². The summed E-state index contributed by atoms with van der Waals surface area (Å²) in [6, 6.07) is -1.16. The quantitative estimate of drug-likeness (QED) is 0.174. The first-order chi connectivity index (χ1) is 30.6. The normalized spacial score (nSPS) is 38.2. The van der Waals surface area contributed by atoms with E-state index < -0.39 is 153 Å². The fourth-order valence-corrected chi connectivity index (χ4v) is 7.16. The number of allylic oxidation sites excluding steroid dienone is 12. The molecule has 65 heavy (non-hydrogen) atoms. The van der Waals surface area contributed by atoms with E-state index in [0.717, 1.165) is 0 Å². The average molecular weight is 922 g/mol. The minimum Gasteiger partial charge on any atom is -0.481 e. The van der Waals surface area contributed by atoms with Gasteiger partial charge in [0.15, 0.2) is 6.29 Å². The van der Waals surface area contributed by atoms with Gasteiger partial charge in [-0.15, -0.1) is 0 Å². The Labute approximate surface area is 380 Å². The summed E-state index contributed by atoms with van der Waals surface area (Å²) < 4.78 is 16.9. The molecule has 0 aliphatic carbocycles. The summed E-state index contributed by atoms with van der Waals surface area (Å²) in [5.74, 6) is -6.58. The zero-order chi connectivity index (χ0) is 48.8. The number of Topliss-reactive ketones (excluding diaryl/α,β-unsaturated/α-hetero) is 2. The standard InChI is InChI=1S/C47H71NO17/c1-27-17-15-13-11-9-7-5-6-8-10-12-14-16-18-35(65-47-45(60)42(48)44(59)30(4)64-47)26-39(56)41(46(61)62)38(55)24-34(52)23-37(54)36(53)20-19-31(49)21-32(50)22-33(51)25-40(57)63-29(3)28(2)43(27)58/h5-18,27-30,32-33,35-39,41-45,47,50-51,53-56,58-60H,19-26,48H2,1-4H3,(H,61,62)/t27?,28?,29?,30-,32?,33?,35?,36?,37?,38?,39?,41?,42?,43?,44?,45?,47-/m0/s1. The Hall–Kier alpha value is -4.02. The monoisotopic (exact) mass is 921 g/mol. The first kappa shape index (κ1) is 57.1. The van der Waals surface area contributed by atoms with Gasteiger partial charge in [-0.3, -0.25) is 19.2 Å². The lowest BCUT2D eigenvalue weighted by Crippen LogP contribution is -2.61. The maximum Gasteiger partial charge on any atom is 0.311 e. The highest BCUT2D eigenvalue weighted by molar-refractivity contribution is 5.81. The van der Waals surface area contributed by atoms with E-state index in [1.807, 2.05) is 6.92 Å². The summed E-state index contributed by atoms with van der Waals surface area (Å²) in [5, 5.41) is 106. The molecule has 18 heteroatoms. The molecular formula is C47H71NO17. The van der Waals surface area contributed by atoms with E-state index in [4.69, 9.17) is 19.9 Å². The van der Waals surface area contributed by atoms with Crippen LogP contribution in [0.5, 0.6) is 0 Å². The van der Waals surface area contributed by atoms with Crippen molar-refractivity contribution in [2.24, 2.45) is 23.5 Å². The number of aliphatic carboxylic acids is 1. The number of ether oxygens (including phenoxy) is 3. The number of carboxylic acids is 1. The van der Waals surface area contributed by atoms with Gasteiger partial charge in [-0.2, -0.15) is 0 Å². The molecule has 2 heterocycles. The number of esters is 1. The Morgan fingerprint density at radius 2 is 1.12 bits per heavy atom. The van der Waals surface area contributed by atoms with Crippen LogP contribution in [0, 0.1) is 17.8 Å². The minimum absolute atomic E-state index is 0.302. The highest BCUT2D eigenvalue weighted by Gasteiger charge is 2.43. The molecule has 0 bridgehead atoms. The molecule has 15 unspecified atom stereocenters. The lowest BCUT2D eigenvalue weighted by atomic mass is 9.88. The van der Waals surface area contributed by atoms with Gasteiger partial charge in [0.05, 0.1) is 73.5 Å². The van der Waals surface area contributed by atoms with Crippen molar-refractivity contribution in [3.05, 3.63) is 85.1 Å². The summed E-state index contributed by atoms with van der Waals surface area (Å²) in [4.78, 5) is 50.3. The maximum atomic E-state index is 12.9. The molecule has 18 nitrogen and oxygen atoms in total. The fraction of sp³-hybridized carbons (Fsp3) is 0.617. The summed E-state index contributed by atoms with van der Waals surface area (Å²) in [6.07, 6.45) is 2.25. The van der Waals surface area contributed by atoms with Crippen LogP contribution < -0.4 is 5.73 Å². The molecule has 2 rings (SSSR count). The highest BCUT2D eigenvalue weighted by Crippen LogP contribution is 2.26. The van der Waals surface area contributed by atoms with E-state index in [9.17, 15) is 70.2 Å². The summed E-state index contributed by atoms with van der Waals surface area (Å²) in [6.45, 7) is 6.66. The number of cyclic esters (lactones) is 1. The van der Waals surface area contributed by atoms with Crippen molar-refractivity contribution in [2.45, 2.75) is 165 Å². The van der Waals surface area contributed by atoms with Crippen molar-refractivity contribution in [1.29, 1.82) is 0 Å². The number of hydrogen-bond donors (Lipinski definition) is 11. The molecule has 0 radical (unpaired) electrons. The van der Waals surface area contributed by atoms with Gasteiger partial charge in [-0.05, 0) is 20.3 Å². The molecule has 2 aliphatic heterocycles. The van der Waals surface area contributed by atoms with Gasteiger partial charge in [0.25, 0.3) is 0 Å². The lowest BCUT2D eigenvalue weighted by molar-refractivity contribution is -0.277. The number of aliphatic hydroxyl groups excluding tert-OH is 9. The van der Waals surface area contributed by atoms with E-state index in [0.29, 0.717) is 0 Å². The highest BCUT2D eigenvalue weighted by atomic mass is 16.7. The Morgan fingerprint density at radius 3 is 1.69 bits per heavy atom. The van der Waals surface area contributed by atoms with Gasteiger partial charge < -0.3 is 71.0 Å². The third-order valence-electron chi connectivity index (χ3n) is 11.3. The van der Waals surface area contributed by atoms with E-state index >= 15 is 0 Å². The molecule has 12 N–H and O–H groups in total. The van der Waals surface area contributed by atoms with E-state index in [2.05, 4.69) is 0 Å². The Balaban J connectivity index is 2.29. The summed E-state index contributed by atoms with van der Waals surface area (Å²) in [7, 11) is 0. The second kappa shape index (κ2) is 29.6. The number of carboxylic acid groups (broad SMARTS) is 1.